The number of hydrogen-bond donors (Lipinski definition) is 0. The Hall–Kier alpha value is -1.09. The fourth-order valence-electron chi connectivity index (χ4n) is 2.03. The molecule has 1 fully saturated rings. The lowest BCUT2D eigenvalue weighted by atomic mass is 10.2. The Balaban J connectivity index is 2.31. The van der Waals surface area contributed by atoms with Gasteiger partial charge in [0.25, 0.3) is 0 Å². The van der Waals surface area contributed by atoms with Crippen LogP contribution >= 0.6 is 11.6 Å². The van der Waals surface area contributed by atoms with Gasteiger partial charge >= 0.3 is 0 Å². The van der Waals surface area contributed by atoms with Crippen LogP contribution in [0.1, 0.15) is 17.6 Å². The molecule has 1 unspecified atom stereocenters. The number of halogens is 1. The second-order valence-electron chi connectivity index (χ2n) is 4.07. The van der Waals surface area contributed by atoms with Crippen molar-refractivity contribution >= 4 is 11.6 Å². The number of aromatic nitrogens is 2. The molecule has 0 N–H and O–H groups in total. The molecule has 1 aromatic rings. The maximum Gasteiger partial charge on any atom is 0.153 e. The van der Waals surface area contributed by atoms with Gasteiger partial charge in [0.15, 0.2) is 5.15 Å². The average Bonchev–Trinajstić information content (AvgIpc) is 2.58. The van der Waals surface area contributed by atoms with Gasteiger partial charge in [0, 0.05) is 20.1 Å². The fraction of sp³-hybridized carbons (Fsp3) is 0.636. The highest BCUT2D eigenvalue weighted by molar-refractivity contribution is 6.30. The molecule has 0 amide bonds. The number of ether oxygens (including phenoxy) is 1. The van der Waals surface area contributed by atoms with E-state index in [1.807, 2.05) is 18.5 Å². The molecule has 1 atom stereocenters. The van der Waals surface area contributed by atoms with Gasteiger partial charge in [-0.15, -0.1) is 0 Å². The highest BCUT2D eigenvalue weighted by Gasteiger charge is 2.27. The minimum atomic E-state index is -0.349. The molecule has 0 saturated carbocycles. The maximum atomic E-state index is 9.36. The monoisotopic (exact) mass is 254 g/mol. The van der Waals surface area contributed by atoms with Crippen molar-refractivity contribution in [2.24, 2.45) is 7.05 Å². The zero-order chi connectivity index (χ0) is 12.4. The molecule has 1 aliphatic rings. The van der Waals surface area contributed by atoms with Gasteiger partial charge in [-0.05, 0) is 6.92 Å². The van der Waals surface area contributed by atoms with E-state index in [0.29, 0.717) is 18.4 Å². The van der Waals surface area contributed by atoms with Crippen molar-refractivity contribution in [2.45, 2.75) is 13.0 Å². The summed E-state index contributed by atoms with van der Waals surface area (Å²) in [6, 6.07) is 1.96. The number of aryl methyl sites for hydroxylation is 1. The third kappa shape index (κ3) is 2.29. The highest BCUT2D eigenvalue weighted by Crippen LogP contribution is 2.27. The Morgan fingerprint density at radius 3 is 2.59 bits per heavy atom. The maximum absolute atomic E-state index is 9.36. The molecule has 17 heavy (non-hydrogen) atoms. The molecule has 2 rings (SSSR count). The van der Waals surface area contributed by atoms with E-state index in [-0.39, 0.29) is 6.04 Å². The normalized spacial score (nSPS) is 18.9. The Bertz CT molecular complexity index is 445. The Labute approximate surface area is 106 Å². The van der Waals surface area contributed by atoms with Crippen molar-refractivity contribution < 1.29 is 4.74 Å². The van der Waals surface area contributed by atoms with Crippen LogP contribution in [0.5, 0.6) is 0 Å². The van der Waals surface area contributed by atoms with Gasteiger partial charge in [0.2, 0.25) is 0 Å². The van der Waals surface area contributed by atoms with E-state index < -0.39 is 0 Å². The lowest BCUT2D eigenvalue weighted by molar-refractivity contribution is 0.0255. The fourth-order valence-corrected chi connectivity index (χ4v) is 2.39. The number of nitrogens with zero attached hydrogens (tertiary/aromatic N) is 4. The van der Waals surface area contributed by atoms with Crippen LogP contribution in [0.2, 0.25) is 5.15 Å². The Morgan fingerprint density at radius 1 is 1.47 bits per heavy atom. The summed E-state index contributed by atoms with van der Waals surface area (Å²) in [5, 5.41) is 9.78. The largest absolute Gasteiger partial charge is 0.379 e. The van der Waals surface area contributed by atoms with Gasteiger partial charge in [-0.3, -0.25) is 4.90 Å². The number of imidazole rings is 1. The van der Waals surface area contributed by atoms with Crippen molar-refractivity contribution in [2.75, 3.05) is 26.3 Å². The first-order valence-electron chi connectivity index (χ1n) is 5.55. The standard InChI is InChI=1S/C11H15ClN4O/c1-8-14-11(12)10(15(8)2)9(7-13)16-3-5-17-6-4-16/h9H,3-6H2,1-2H3. The van der Waals surface area contributed by atoms with Gasteiger partial charge in [0.1, 0.15) is 11.9 Å². The van der Waals surface area contributed by atoms with Crippen LogP contribution in [-0.4, -0.2) is 40.8 Å². The number of nitriles is 1. The highest BCUT2D eigenvalue weighted by atomic mass is 35.5. The number of morpholine rings is 1. The SMILES string of the molecule is Cc1nc(Cl)c(C(C#N)N2CCOCC2)n1C. The molecule has 0 aliphatic carbocycles. The summed E-state index contributed by atoms with van der Waals surface area (Å²) in [5.74, 6) is 0.818. The molecule has 0 aromatic carbocycles. The topological polar surface area (TPSA) is 54.1 Å². The average molecular weight is 255 g/mol. The smallest absolute Gasteiger partial charge is 0.153 e. The predicted molar refractivity (Wildman–Crippen MR) is 63.7 cm³/mol. The molecule has 0 radical (unpaired) electrons. The van der Waals surface area contributed by atoms with Crippen molar-refractivity contribution in [3.8, 4) is 6.07 Å². The van der Waals surface area contributed by atoms with Gasteiger partial charge in [-0.2, -0.15) is 5.26 Å². The van der Waals surface area contributed by atoms with Crippen LogP contribution in [-0.2, 0) is 11.8 Å². The molecule has 1 aliphatic heterocycles. The first-order chi connectivity index (χ1) is 8.15. The second kappa shape index (κ2) is 5.05. The molecule has 1 aromatic heterocycles. The molecule has 5 nitrogen and oxygen atoms in total. The summed E-state index contributed by atoms with van der Waals surface area (Å²) in [6.45, 7) is 4.69. The summed E-state index contributed by atoms with van der Waals surface area (Å²) >= 11 is 6.10. The third-order valence-corrected chi connectivity index (χ3v) is 3.39. The van der Waals surface area contributed by atoms with E-state index in [2.05, 4.69) is 16.0 Å². The molecule has 1 saturated heterocycles. The second-order valence-corrected chi connectivity index (χ2v) is 4.43. The van der Waals surface area contributed by atoms with Gasteiger partial charge in [-0.1, -0.05) is 11.6 Å². The van der Waals surface area contributed by atoms with Gasteiger partial charge in [0.05, 0.1) is 25.0 Å². The summed E-state index contributed by atoms with van der Waals surface area (Å²) in [6.07, 6.45) is 0. The predicted octanol–water partition coefficient (Wildman–Crippen LogP) is 1.28. The lowest BCUT2D eigenvalue weighted by Gasteiger charge is -2.30. The first-order valence-corrected chi connectivity index (χ1v) is 5.93. The minimum absolute atomic E-state index is 0.349. The van der Waals surface area contributed by atoms with E-state index >= 15 is 0 Å². The quantitative estimate of drug-likeness (QED) is 0.798. The molecular formula is C11H15ClN4O. The van der Waals surface area contributed by atoms with Crippen LogP contribution in [0.15, 0.2) is 0 Å². The molecular weight excluding hydrogens is 240 g/mol. The van der Waals surface area contributed by atoms with Crippen molar-refractivity contribution in [1.82, 2.24) is 14.5 Å². The van der Waals surface area contributed by atoms with Gasteiger partial charge < -0.3 is 9.30 Å². The van der Waals surface area contributed by atoms with Crippen LogP contribution in [0.25, 0.3) is 0 Å². The van der Waals surface area contributed by atoms with E-state index in [0.717, 1.165) is 24.6 Å². The van der Waals surface area contributed by atoms with E-state index in [1.165, 1.54) is 0 Å². The van der Waals surface area contributed by atoms with Crippen molar-refractivity contribution in [1.29, 1.82) is 5.26 Å². The molecule has 6 heteroatoms. The summed E-state index contributed by atoms with van der Waals surface area (Å²) in [7, 11) is 1.88. The Morgan fingerprint density at radius 2 is 2.12 bits per heavy atom. The first kappa shape index (κ1) is 12.4. The van der Waals surface area contributed by atoms with Crippen molar-refractivity contribution in [3.05, 3.63) is 16.7 Å². The van der Waals surface area contributed by atoms with Crippen LogP contribution < -0.4 is 0 Å². The summed E-state index contributed by atoms with van der Waals surface area (Å²) in [4.78, 5) is 6.27. The summed E-state index contributed by atoms with van der Waals surface area (Å²) in [5.41, 5.74) is 0.772. The molecule has 92 valence electrons. The zero-order valence-corrected chi connectivity index (χ0v) is 10.7. The van der Waals surface area contributed by atoms with Gasteiger partial charge in [-0.25, -0.2) is 4.98 Å². The lowest BCUT2D eigenvalue weighted by Crippen LogP contribution is -2.39. The number of hydrogen-bond acceptors (Lipinski definition) is 4. The van der Waals surface area contributed by atoms with E-state index in [9.17, 15) is 5.26 Å². The number of rotatable bonds is 2. The molecule has 0 spiro atoms. The van der Waals surface area contributed by atoms with E-state index in [4.69, 9.17) is 16.3 Å². The van der Waals surface area contributed by atoms with Crippen LogP contribution in [0.3, 0.4) is 0 Å². The third-order valence-electron chi connectivity index (χ3n) is 3.11. The molecule has 2 heterocycles. The zero-order valence-electron chi connectivity index (χ0n) is 9.98. The van der Waals surface area contributed by atoms with Crippen molar-refractivity contribution in [3.63, 3.8) is 0 Å². The van der Waals surface area contributed by atoms with E-state index in [1.54, 1.807) is 0 Å². The molecule has 0 bridgehead atoms. The summed E-state index contributed by atoms with van der Waals surface area (Å²) < 4.78 is 7.17. The minimum Gasteiger partial charge on any atom is -0.379 e. The van der Waals surface area contributed by atoms with Crippen LogP contribution in [0, 0.1) is 18.3 Å². The Kier molecular flexibility index (Phi) is 3.67. The van der Waals surface area contributed by atoms with Crippen LogP contribution in [0.4, 0.5) is 0 Å².